The molecule has 0 aromatic carbocycles. The lowest BCUT2D eigenvalue weighted by atomic mass is 10.1. The van der Waals surface area contributed by atoms with Crippen LogP contribution in [0.25, 0.3) is 0 Å². The third-order valence-corrected chi connectivity index (χ3v) is 1.90. The highest BCUT2D eigenvalue weighted by Gasteiger charge is 2.30. The first-order valence-electron chi connectivity index (χ1n) is 3.57. The quantitative estimate of drug-likeness (QED) is 0.498. The average Bonchev–Trinajstić information content (AvgIpc) is 2.27. The van der Waals surface area contributed by atoms with Crippen LogP contribution in [0, 0.1) is 5.92 Å². The zero-order valence-electron chi connectivity index (χ0n) is 6.91. The summed E-state index contributed by atoms with van der Waals surface area (Å²) >= 11 is 5.70. The highest BCUT2D eigenvalue weighted by atomic mass is 35.5. The van der Waals surface area contributed by atoms with E-state index < -0.39 is 17.8 Å². The third-order valence-electron chi connectivity index (χ3n) is 1.55. The fourth-order valence-corrected chi connectivity index (χ4v) is 1.17. The van der Waals surface area contributed by atoms with Gasteiger partial charge in [-0.1, -0.05) is 11.6 Å². The minimum Gasteiger partial charge on any atom is -0.468 e. The fourth-order valence-electron chi connectivity index (χ4n) is 0.913. The Bertz CT molecular complexity index is 296. The number of hydrogen-bond acceptors (Lipinski definition) is 3. The number of ether oxygens (including phenoxy) is 1. The van der Waals surface area contributed by atoms with Gasteiger partial charge < -0.3 is 10.1 Å². The number of carbonyl (C=O) groups is 2. The Morgan fingerprint density at radius 1 is 1.69 bits per heavy atom. The molecule has 1 atom stereocenters. The summed E-state index contributed by atoms with van der Waals surface area (Å²) in [4.78, 5) is 22.3. The van der Waals surface area contributed by atoms with E-state index in [-0.39, 0.29) is 5.03 Å². The minimum atomic E-state index is -1.05. The Kier molecular flexibility index (Phi) is 3.08. The topological polar surface area (TPSA) is 55.4 Å². The Morgan fingerprint density at radius 3 is 3.00 bits per heavy atom. The first-order chi connectivity index (χ1) is 6.16. The van der Waals surface area contributed by atoms with Crippen LogP contribution in [0.4, 0.5) is 0 Å². The fraction of sp³-hybridized carbons (Fsp3) is 0.250. The molecule has 0 saturated carbocycles. The van der Waals surface area contributed by atoms with Gasteiger partial charge in [0.1, 0.15) is 0 Å². The first-order valence-corrected chi connectivity index (χ1v) is 3.95. The number of rotatable bonds is 1. The molecule has 0 fully saturated rings. The molecule has 0 aliphatic carbocycles. The van der Waals surface area contributed by atoms with Crippen LogP contribution >= 0.6 is 11.6 Å². The lowest BCUT2D eigenvalue weighted by Gasteiger charge is -2.09. The van der Waals surface area contributed by atoms with Crippen molar-refractivity contribution in [1.29, 1.82) is 0 Å². The normalized spacial score (nSPS) is 21.5. The lowest BCUT2D eigenvalue weighted by Crippen LogP contribution is -2.32. The molecule has 0 spiro atoms. The summed E-state index contributed by atoms with van der Waals surface area (Å²) in [6.45, 7) is 0. The van der Waals surface area contributed by atoms with Gasteiger partial charge in [0.2, 0.25) is 5.91 Å². The van der Waals surface area contributed by atoms with Crippen molar-refractivity contribution in [2.24, 2.45) is 5.92 Å². The van der Waals surface area contributed by atoms with E-state index in [9.17, 15) is 9.59 Å². The third kappa shape index (κ3) is 2.09. The molecule has 70 valence electrons. The van der Waals surface area contributed by atoms with E-state index in [0.29, 0.717) is 0 Å². The second-order valence-electron chi connectivity index (χ2n) is 2.38. The number of esters is 1. The van der Waals surface area contributed by atoms with Gasteiger partial charge in [-0.2, -0.15) is 0 Å². The summed E-state index contributed by atoms with van der Waals surface area (Å²) in [6, 6.07) is 0. The summed E-state index contributed by atoms with van der Waals surface area (Å²) in [7, 11) is 1.21. The molecule has 0 aromatic heterocycles. The molecule has 1 unspecified atom stereocenters. The van der Waals surface area contributed by atoms with Crippen molar-refractivity contribution in [3.8, 4) is 0 Å². The number of halogens is 1. The van der Waals surface area contributed by atoms with Gasteiger partial charge in [-0.3, -0.25) is 9.59 Å². The van der Waals surface area contributed by atoms with Crippen LogP contribution in [0.5, 0.6) is 0 Å². The number of methoxy groups -OCH3 is 1. The standard InChI is InChI=1S/C8H8ClNO3/c1-13-8(12)6-5(9)3-2-4-10-7(6)11/h2-4,6H,1H3,(H,10,11). The molecule has 1 N–H and O–H groups in total. The van der Waals surface area contributed by atoms with Crippen LogP contribution in [-0.4, -0.2) is 19.0 Å². The van der Waals surface area contributed by atoms with Crippen LogP contribution in [0.2, 0.25) is 0 Å². The highest BCUT2D eigenvalue weighted by Crippen LogP contribution is 2.19. The van der Waals surface area contributed by atoms with Gasteiger partial charge >= 0.3 is 5.97 Å². The molecule has 1 heterocycles. The van der Waals surface area contributed by atoms with Gasteiger partial charge in [-0.15, -0.1) is 0 Å². The number of hydrogen-bond donors (Lipinski definition) is 1. The zero-order valence-corrected chi connectivity index (χ0v) is 7.67. The summed E-state index contributed by atoms with van der Waals surface area (Å²) < 4.78 is 4.43. The zero-order chi connectivity index (χ0) is 9.84. The minimum absolute atomic E-state index is 0.151. The van der Waals surface area contributed by atoms with E-state index >= 15 is 0 Å². The molecule has 0 bridgehead atoms. The van der Waals surface area contributed by atoms with Crippen molar-refractivity contribution in [2.75, 3.05) is 7.11 Å². The van der Waals surface area contributed by atoms with Gasteiger partial charge in [-0.25, -0.2) is 0 Å². The summed E-state index contributed by atoms with van der Waals surface area (Å²) in [5.74, 6) is -2.20. The van der Waals surface area contributed by atoms with Crippen molar-refractivity contribution in [3.05, 3.63) is 23.4 Å². The second-order valence-corrected chi connectivity index (χ2v) is 2.81. The number of amides is 1. The van der Waals surface area contributed by atoms with Gasteiger partial charge in [0.05, 0.1) is 7.11 Å². The maximum atomic E-state index is 11.2. The van der Waals surface area contributed by atoms with E-state index in [1.165, 1.54) is 19.4 Å². The summed E-state index contributed by atoms with van der Waals surface area (Å²) in [5, 5.41) is 2.53. The van der Waals surface area contributed by atoms with Crippen LogP contribution in [0.15, 0.2) is 23.4 Å². The van der Waals surface area contributed by atoms with E-state index in [2.05, 4.69) is 10.1 Å². The monoisotopic (exact) mass is 201 g/mol. The van der Waals surface area contributed by atoms with Crippen molar-refractivity contribution in [2.45, 2.75) is 0 Å². The Morgan fingerprint density at radius 2 is 2.38 bits per heavy atom. The molecule has 13 heavy (non-hydrogen) atoms. The average molecular weight is 202 g/mol. The molecule has 0 radical (unpaired) electrons. The first kappa shape index (κ1) is 9.80. The Hall–Kier alpha value is -1.29. The van der Waals surface area contributed by atoms with Crippen molar-refractivity contribution >= 4 is 23.5 Å². The smallest absolute Gasteiger partial charge is 0.323 e. The van der Waals surface area contributed by atoms with Crippen LogP contribution < -0.4 is 5.32 Å². The van der Waals surface area contributed by atoms with Crippen molar-refractivity contribution in [3.63, 3.8) is 0 Å². The van der Waals surface area contributed by atoms with Gasteiger partial charge in [0.25, 0.3) is 0 Å². The van der Waals surface area contributed by atoms with Crippen LogP contribution in [0.3, 0.4) is 0 Å². The van der Waals surface area contributed by atoms with E-state index in [1.807, 2.05) is 0 Å². The van der Waals surface area contributed by atoms with Crippen LogP contribution in [0.1, 0.15) is 0 Å². The van der Waals surface area contributed by atoms with Gasteiger partial charge in [0.15, 0.2) is 5.92 Å². The largest absolute Gasteiger partial charge is 0.468 e. The summed E-state index contributed by atoms with van der Waals surface area (Å²) in [5.41, 5.74) is 0. The summed E-state index contributed by atoms with van der Waals surface area (Å²) in [6.07, 6.45) is 4.43. The highest BCUT2D eigenvalue weighted by molar-refractivity contribution is 6.34. The lowest BCUT2D eigenvalue weighted by molar-refractivity contribution is -0.147. The van der Waals surface area contributed by atoms with Crippen LogP contribution in [-0.2, 0) is 14.3 Å². The van der Waals surface area contributed by atoms with E-state index in [1.54, 1.807) is 6.08 Å². The molecule has 1 aliphatic heterocycles. The Balaban J connectivity index is 2.92. The van der Waals surface area contributed by atoms with Gasteiger partial charge in [-0.05, 0) is 12.2 Å². The maximum Gasteiger partial charge on any atom is 0.323 e. The SMILES string of the molecule is COC(=O)C1C(=O)NC=CC=C1Cl. The molecule has 4 nitrogen and oxygen atoms in total. The number of carbonyl (C=O) groups excluding carboxylic acids is 2. The Labute approximate surface area is 80.2 Å². The molecule has 0 saturated heterocycles. The van der Waals surface area contributed by atoms with Gasteiger partial charge in [0, 0.05) is 11.2 Å². The number of nitrogens with one attached hydrogen (secondary N) is 1. The van der Waals surface area contributed by atoms with E-state index in [4.69, 9.17) is 11.6 Å². The second kappa shape index (κ2) is 4.09. The number of allylic oxidation sites excluding steroid dienone is 2. The molecule has 1 amide bonds. The molecule has 1 aliphatic rings. The predicted octanol–water partition coefficient (Wildman–Crippen LogP) is 0.542. The molecular formula is C8H8ClNO3. The molecular weight excluding hydrogens is 194 g/mol. The molecule has 0 aromatic rings. The van der Waals surface area contributed by atoms with Crippen molar-refractivity contribution in [1.82, 2.24) is 5.32 Å². The van der Waals surface area contributed by atoms with Crippen molar-refractivity contribution < 1.29 is 14.3 Å². The molecule has 5 heteroatoms. The predicted molar refractivity (Wildman–Crippen MR) is 46.7 cm³/mol. The molecule has 1 rings (SSSR count). The maximum absolute atomic E-state index is 11.2. The van der Waals surface area contributed by atoms with E-state index in [0.717, 1.165) is 0 Å².